The highest BCUT2D eigenvalue weighted by Gasteiger charge is 2.12. The van der Waals surface area contributed by atoms with Gasteiger partial charge in [-0.1, -0.05) is 15.9 Å². The van der Waals surface area contributed by atoms with Crippen LogP contribution in [0.15, 0.2) is 34.8 Å². The van der Waals surface area contributed by atoms with Crippen LogP contribution in [0.3, 0.4) is 0 Å². The molecule has 0 heterocycles. The molecule has 0 aliphatic rings. The molecule has 10 heteroatoms. The molecular formula is C19H21BrFNO7. The number of rotatable bonds is 7. The van der Waals surface area contributed by atoms with Crippen molar-refractivity contribution in [3.8, 4) is 17.2 Å². The molecule has 2 rings (SSSR count). The van der Waals surface area contributed by atoms with Gasteiger partial charge in [-0.05, 0) is 24.3 Å². The first-order chi connectivity index (χ1) is 13.7. The molecule has 0 fully saturated rings. The number of nitrogens with one attached hydrogen (secondary N) is 1. The van der Waals surface area contributed by atoms with Gasteiger partial charge in [-0.2, -0.15) is 0 Å². The molecule has 158 valence electrons. The van der Waals surface area contributed by atoms with Crippen molar-refractivity contribution in [1.82, 2.24) is 5.32 Å². The maximum Gasteiger partial charge on any atom is 0.414 e. The second-order valence-electron chi connectivity index (χ2n) is 5.47. The lowest BCUT2D eigenvalue weighted by Gasteiger charge is -2.14. The van der Waals surface area contributed by atoms with Gasteiger partial charge in [0.05, 0.1) is 21.3 Å². The van der Waals surface area contributed by atoms with Crippen LogP contribution in [0.1, 0.15) is 11.1 Å². The lowest BCUT2D eigenvalue weighted by Crippen LogP contribution is -2.14. The van der Waals surface area contributed by atoms with E-state index < -0.39 is 11.9 Å². The van der Waals surface area contributed by atoms with Crippen LogP contribution in [0.2, 0.25) is 0 Å². The van der Waals surface area contributed by atoms with Crippen molar-refractivity contribution in [2.45, 2.75) is 13.1 Å². The summed E-state index contributed by atoms with van der Waals surface area (Å²) in [6.45, 7) is 0.915. The average molecular weight is 474 g/mol. The van der Waals surface area contributed by atoms with Gasteiger partial charge in [-0.3, -0.25) is 0 Å². The van der Waals surface area contributed by atoms with Crippen molar-refractivity contribution in [1.29, 1.82) is 0 Å². The minimum Gasteiger partial charge on any atom is -0.496 e. The van der Waals surface area contributed by atoms with Gasteiger partial charge in [0, 0.05) is 34.8 Å². The SMILES string of the molecule is COc1cc(OC)c(OC)cc1CNCc1cc(Br)ccc1F.O=C(O)C(=O)O. The van der Waals surface area contributed by atoms with Crippen molar-refractivity contribution in [2.24, 2.45) is 0 Å². The number of benzene rings is 2. The van der Waals surface area contributed by atoms with Crippen LogP contribution in [-0.2, 0) is 22.7 Å². The van der Waals surface area contributed by atoms with E-state index in [4.69, 9.17) is 34.0 Å². The summed E-state index contributed by atoms with van der Waals surface area (Å²) in [7, 11) is 4.75. The summed E-state index contributed by atoms with van der Waals surface area (Å²) in [5.74, 6) is -1.97. The Morgan fingerprint density at radius 1 is 0.897 bits per heavy atom. The van der Waals surface area contributed by atoms with E-state index in [0.717, 1.165) is 10.0 Å². The van der Waals surface area contributed by atoms with Crippen LogP contribution in [0.5, 0.6) is 17.2 Å². The van der Waals surface area contributed by atoms with Gasteiger partial charge in [0.25, 0.3) is 0 Å². The summed E-state index contributed by atoms with van der Waals surface area (Å²) in [4.78, 5) is 18.2. The second kappa shape index (κ2) is 11.9. The maximum absolute atomic E-state index is 13.7. The van der Waals surface area contributed by atoms with Crippen LogP contribution >= 0.6 is 15.9 Å². The summed E-state index contributed by atoms with van der Waals surface area (Å²) in [5, 5.41) is 18.0. The minimum atomic E-state index is -1.82. The van der Waals surface area contributed by atoms with Gasteiger partial charge < -0.3 is 29.7 Å². The lowest BCUT2D eigenvalue weighted by atomic mass is 10.1. The predicted octanol–water partition coefficient (Wildman–Crippen LogP) is 3.06. The minimum absolute atomic E-state index is 0.236. The number of methoxy groups -OCH3 is 3. The molecule has 8 nitrogen and oxygen atoms in total. The molecule has 0 atom stereocenters. The molecule has 0 unspecified atom stereocenters. The standard InChI is InChI=1S/C17H19BrFNO3.C2H2O4/c1-21-15-8-17(23-3)16(22-2)7-12(15)10-20-9-11-6-13(18)4-5-14(11)19;3-1(4)2(5)6/h4-8,20H,9-10H2,1-3H3;(H,3,4)(H,5,6). The third-order valence-corrected chi connectivity index (χ3v) is 4.10. The lowest BCUT2D eigenvalue weighted by molar-refractivity contribution is -0.159. The van der Waals surface area contributed by atoms with Crippen LogP contribution < -0.4 is 19.5 Å². The Labute approximate surface area is 175 Å². The fourth-order valence-corrected chi connectivity index (χ4v) is 2.65. The molecule has 0 aliphatic heterocycles. The molecule has 2 aromatic rings. The zero-order chi connectivity index (χ0) is 22.0. The van der Waals surface area contributed by atoms with E-state index in [1.54, 1.807) is 39.5 Å². The highest BCUT2D eigenvalue weighted by atomic mass is 79.9. The number of carboxylic acids is 2. The quantitative estimate of drug-likeness (QED) is 0.525. The number of carbonyl (C=O) groups is 2. The molecule has 0 amide bonds. The Morgan fingerprint density at radius 3 is 1.93 bits per heavy atom. The Hall–Kier alpha value is -2.85. The number of aliphatic carboxylic acids is 2. The van der Waals surface area contributed by atoms with Gasteiger partial charge in [0.1, 0.15) is 11.6 Å². The summed E-state index contributed by atoms with van der Waals surface area (Å²) in [6.07, 6.45) is 0. The number of hydrogen-bond donors (Lipinski definition) is 3. The van der Waals surface area contributed by atoms with Crippen LogP contribution in [0.4, 0.5) is 4.39 Å². The predicted molar refractivity (Wildman–Crippen MR) is 106 cm³/mol. The fourth-order valence-electron chi connectivity index (χ4n) is 2.24. The average Bonchev–Trinajstić information content (AvgIpc) is 2.70. The van der Waals surface area contributed by atoms with Crippen molar-refractivity contribution >= 4 is 27.9 Å². The van der Waals surface area contributed by atoms with Gasteiger partial charge >= 0.3 is 11.9 Å². The smallest absolute Gasteiger partial charge is 0.414 e. The molecule has 0 spiro atoms. The molecule has 0 bridgehead atoms. The van der Waals surface area contributed by atoms with Crippen molar-refractivity contribution in [3.63, 3.8) is 0 Å². The van der Waals surface area contributed by atoms with E-state index in [1.807, 2.05) is 6.07 Å². The molecule has 29 heavy (non-hydrogen) atoms. The molecule has 3 N–H and O–H groups in total. The van der Waals surface area contributed by atoms with E-state index in [2.05, 4.69) is 21.2 Å². The van der Waals surface area contributed by atoms with Crippen LogP contribution in [0.25, 0.3) is 0 Å². The van der Waals surface area contributed by atoms with E-state index >= 15 is 0 Å². The zero-order valence-electron chi connectivity index (χ0n) is 16.0. The second-order valence-corrected chi connectivity index (χ2v) is 6.38. The largest absolute Gasteiger partial charge is 0.496 e. The number of ether oxygens (including phenoxy) is 3. The van der Waals surface area contributed by atoms with Gasteiger partial charge in [0.15, 0.2) is 11.5 Å². The van der Waals surface area contributed by atoms with Crippen LogP contribution in [-0.4, -0.2) is 43.5 Å². The summed E-state index contributed by atoms with van der Waals surface area (Å²) >= 11 is 3.35. The summed E-state index contributed by atoms with van der Waals surface area (Å²) < 4.78 is 30.5. The Balaban J connectivity index is 0.000000612. The highest BCUT2D eigenvalue weighted by Crippen LogP contribution is 2.34. The fraction of sp³-hybridized carbons (Fsp3) is 0.263. The first kappa shape index (κ1) is 24.2. The number of carboxylic acid groups (broad SMARTS) is 2. The highest BCUT2D eigenvalue weighted by molar-refractivity contribution is 9.10. The summed E-state index contributed by atoms with van der Waals surface area (Å²) in [6, 6.07) is 8.50. The first-order valence-corrected chi connectivity index (χ1v) is 8.92. The first-order valence-electron chi connectivity index (χ1n) is 8.13. The van der Waals surface area contributed by atoms with Gasteiger partial charge in [-0.15, -0.1) is 0 Å². The Morgan fingerprint density at radius 2 is 1.41 bits per heavy atom. The van der Waals surface area contributed by atoms with E-state index in [9.17, 15) is 4.39 Å². The zero-order valence-corrected chi connectivity index (χ0v) is 17.6. The van der Waals surface area contributed by atoms with E-state index in [0.29, 0.717) is 35.9 Å². The maximum atomic E-state index is 13.7. The molecule has 0 saturated carbocycles. The van der Waals surface area contributed by atoms with Crippen molar-refractivity contribution in [2.75, 3.05) is 21.3 Å². The summed E-state index contributed by atoms with van der Waals surface area (Å²) in [5.41, 5.74) is 1.50. The normalized spacial score (nSPS) is 9.83. The molecule has 0 aliphatic carbocycles. The molecule has 0 aromatic heterocycles. The van der Waals surface area contributed by atoms with Gasteiger partial charge in [0.2, 0.25) is 0 Å². The third-order valence-electron chi connectivity index (χ3n) is 3.61. The molecule has 0 radical (unpaired) electrons. The van der Waals surface area contributed by atoms with Crippen molar-refractivity contribution in [3.05, 3.63) is 51.7 Å². The molecule has 0 saturated heterocycles. The van der Waals surface area contributed by atoms with E-state index in [-0.39, 0.29) is 5.82 Å². The number of halogens is 2. The number of hydrogen-bond acceptors (Lipinski definition) is 6. The van der Waals surface area contributed by atoms with Crippen molar-refractivity contribution < 1.29 is 38.4 Å². The van der Waals surface area contributed by atoms with Crippen LogP contribution in [0, 0.1) is 5.82 Å². The molecule has 2 aromatic carbocycles. The third kappa shape index (κ3) is 7.59. The topological polar surface area (TPSA) is 114 Å². The van der Waals surface area contributed by atoms with Gasteiger partial charge in [-0.25, -0.2) is 14.0 Å². The monoisotopic (exact) mass is 473 g/mol. The Kier molecular flexibility index (Phi) is 9.90. The Bertz CT molecular complexity index is 849. The van der Waals surface area contributed by atoms with E-state index in [1.165, 1.54) is 6.07 Å². The molecular weight excluding hydrogens is 453 g/mol.